The van der Waals surface area contributed by atoms with Crippen LogP contribution in [-0.4, -0.2) is 25.8 Å². The number of carboxylic acid groups (broad SMARTS) is 1. The van der Waals surface area contributed by atoms with Crippen LogP contribution < -0.4 is 0 Å². The first-order valence-corrected chi connectivity index (χ1v) is 6.02. The fourth-order valence-electron chi connectivity index (χ4n) is 2.13. The maximum Gasteiger partial charge on any atom is 0.339 e. The Morgan fingerprint density at radius 2 is 1.95 bits per heavy atom. The highest BCUT2D eigenvalue weighted by Crippen LogP contribution is 2.29. The lowest BCUT2D eigenvalue weighted by Gasteiger charge is -2.03. The van der Waals surface area contributed by atoms with Gasteiger partial charge in [-0.2, -0.15) is 13.9 Å². The minimum atomic E-state index is -2.91. The molecular weight excluding hydrogens is 280 g/mol. The number of aromatic nitrogens is 3. The van der Waals surface area contributed by atoms with E-state index in [-0.39, 0.29) is 17.0 Å². The summed E-state index contributed by atoms with van der Waals surface area (Å²) in [4.78, 5) is 15.3. The van der Waals surface area contributed by atoms with Crippen LogP contribution in [0, 0.1) is 0 Å². The van der Waals surface area contributed by atoms with Crippen LogP contribution in [0.1, 0.15) is 16.9 Å². The molecule has 2 heterocycles. The normalized spacial score (nSPS) is 11.2. The van der Waals surface area contributed by atoms with Gasteiger partial charge in [0.25, 0.3) is 0 Å². The molecule has 3 rings (SSSR count). The van der Waals surface area contributed by atoms with Crippen molar-refractivity contribution >= 4 is 16.7 Å². The third-order valence-electron chi connectivity index (χ3n) is 3.06. The van der Waals surface area contributed by atoms with Crippen molar-refractivity contribution in [2.24, 2.45) is 0 Å². The number of alkyl halides is 2. The molecule has 3 aromatic rings. The number of aromatic carboxylic acids is 1. The molecule has 0 saturated carbocycles. The van der Waals surface area contributed by atoms with Crippen molar-refractivity contribution in [3.63, 3.8) is 0 Å². The van der Waals surface area contributed by atoms with Gasteiger partial charge in [0.05, 0.1) is 5.69 Å². The van der Waals surface area contributed by atoms with Gasteiger partial charge in [0.2, 0.25) is 0 Å². The molecule has 0 radical (unpaired) electrons. The topological polar surface area (TPSA) is 68.0 Å². The second kappa shape index (κ2) is 4.93. The Bertz CT molecular complexity index is 825. The Balaban J connectivity index is 2.29. The number of fused-ring (bicyclic) bond motifs is 1. The molecule has 0 bridgehead atoms. The van der Waals surface area contributed by atoms with E-state index in [4.69, 9.17) is 5.11 Å². The van der Waals surface area contributed by atoms with E-state index >= 15 is 0 Å². The molecule has 0 spiro atoms. The third kappa shape index (κ3) is 2.22. The number of nitrogens with zero attached hydrogens (tertiary/aromatic N) is 3. The number of carboxylic acids is 1. The number of hydrogen-bond acceptors (Lipinski definition) is 3. The highest BCUT2D eigenvalue weighted by atomic mass is 19.3. The van der Waals surface area contributed by atoms with Gasteiger partial charge < -0.3 is 5.11 Å². The molecule has 1 aromatic carbocycles. The average Bonchev–Trinajstić information content (AvgIpc) is 2.92. The first-order valence-electron chi connectivity index (χ1n) is 6.02. The van der Waals surface area contributed by atoms with Crippen LogP contribution in [0.5, 0.6) is 0 Å². The van der Waals surface area contributed by atoms with Crippen LogP contribution in [0.25, 0.3) is 22.2 Å². The van der Waals surface area contributed by atoms with E-state index in [1.165, 1.54) is 6.20 Å². The zero-order chi connectivity index (χ0) is 15.0. The van der Waals surface area contributed by atoms with Gasteiger partial charge in [-0.1, -0.05) is 24.3 Å². The minimum Gasteiger partial charge on any atom is -0.478 e. The number of rotatable bonds is 3. The quantitative estimate of drug-likeness (QED) is 0.804. The van der Waals surface area contributed by atoms with E-state index in [2.05, 4.69) is 10.1 Å². The molecule has 1 N–H and O–H groups in total. The van der Waals surface area contributed by atoms with E-state index in [1.54, 1.807) is 18.2 Å². The molecule has 0 aliphatic heterocycles. The Morgan fingerprint density at radius 1 is 1.19 bits per heavy atom. The van der Waals surface area contributed by atoms with Gasteiger partial charge in [-0.25, -0.2) is 9.48 Å². The summed E-state index contributed by atoms with van der Waals surface area (Å²) in [6.07, 6.45) is 2.30. The van der Waals surface area contributed by atoms with Crippen molar-refractivity contribution in [1.82, 2.24) is 14.8 Å². The summed E-state index contributed by atoms with van der Waals surface area (Å²) in [6.45, 7) is -2.91. The smallest absolute Gasteiger partial charge is 0.339 e. The predicted molar refractivity (Wildman–Crippen MR) is 71.2 cm³/mol. The van der Waals surface area contributed by atoms with Crippen molar-refractivity contribution in [3.05, 3.63) is 48.3 Å². The van der Waals surface area contributed by atoms with E-state index in [1.807, 2.05) is 12.1 Å². The monoisotopic (exact) mass is 289 g/mol. The molecule has 0 aliphatic rings. The molecule has 106 valence electrons. The zero-order valence-electron chi connectivity index (χ0n) is 10.6. The Labute approximate surface area is 117 Å². The van der Waals surface area contributed by atoms with Crippen LogP contribution in [0.2, 0.25) is 0 Å². The third-order valence-corrected chi connectivity index (χ3v) is 3.06. The number of benzene rings is 1. The molecule has 0 saturated heterocycles. The molecule has 0 amide bonds. The molecule has 7 heteroatoms. The van der Waals surface area contributed by atoms with Gasteiger partial charge >= 0.3 is 12.5 Å². The molecule has 2 aromatic heterocycles. The van der Waals surface area contributed by atoms with Crippen LogP contribution in [0.3, 0.4) is 0 Å². The Hall–Kier alpha value is -2.83. The summed E-state index contributed by atoms with van der Waals surface area (Å²) in [5.41, 5.74) is -0.108. The van der Waals surface area contributed by atoms with Crippen molar-refractivity contribution in [1.29, 1.82) is 0 Å². The van der Waals surface area contributed by atoms with Crippen molar-refractivity contribution in [2.45, 2.75) is 6.55 Å². The van der Waals surface area contributed by atoms with Crippen molar-refractivity contribution in [3.8, 4) is 11.4 Å². The van der Waals surface area contributed by atoms with Crippen LogP contribution in [0.4, 0.5) is 8.78 Å². The molecular formula is C14H9F2N3O2. The van der Waals surface area contributed by atoms with Gasteiger partial charge in [0.1, 0.15) is 11.3 Å². The standard InChI is InChI=1S/C14H9F2N3O2/c15-14(16)19-7-10(13(20)21)12(18-19)11-9-4-2-1-3-8(9)5-6-17-11/h1-7,14H,(H,20,21). The maximum absolute atomic E-state index is 12.7. The van der Waals surface area contributed by atoms with Crippen LogP contribution in [0.15, 0.2) is 42.7 Å². The van der Waals surface area contributed by atoms with Crippen LogP contribution in [-0.2, 0) is 0 Å². The summed E-state index contributed by atoms with van der Waals surface area (Å²) in [5, 5.41) is 14.3. The van der Waals surface area contributed by atoms with E-state index in [0.717, 1.165) is 11.6 Å². The fourth-order valence-corrected chi connectivity index (χ4v) is 2.13. The molecule has 21 heavy (non-hydrogen) atoms. The fraction of sp³-hybridized carbons (Fsp3) is 0.0714. The second-order valence-electron chi connectivity index (χ2n) is 4.33. The Morgan fingerprint density at radius 3 is 2.67 bits per heavy atom. The predicted octanol–water partition coefficient (Wildman–Crippen LogP) is 3.19. The lowest BCUT2D eigenvalue weighted by molar-refractivity contribution is 0.0565. The number of pyridine rings is 1. The lowest BCUT2D eigenvalue weighted by Crippen LogP contribution is -1.98. The van der Waals surface area contributed by atoms with Crippen molar-refractivity contribution < 1.29 is 18.7 Å². The second-order valence-corrected chi connectivity index (χ2v) is 4.33. The number of hydrogen-bond donors (Lipinski definition) is 1. The number of halogens is 2. The van der Waals surface area contributed by atoms with E-state index < -0.39 is 12.5 Å². The summed E-state index contributed by atoms with van der Waals surface area (Å²) in [6, 6.07) is 8.90. The van der Waals surface area contributed by atoms with Crippen molar-refractivity contribution in [2.75, 3.05) is 0 Å². The van der Waals surface area contributed by atoms with Gasteiger partial charge in [-0.3, -0.25) is 4.98 Å². The molecule has 0 aliphatic carbocycles. The average molecular weight is 289 g/mol. The zero-order valence-corrected chi connectivity index (χ0v) is 10.6. The Kier molecular flexibility index (Phi) is 3.09. The van der Waals surface area contributed by atoms with Gasteiger partial charge in [0, 0.05) is 17.8 Å². The highest BCUT2D eigenvalue weighted by molar-refractivity contribution is 6.00. The molecule has 0 atom stereocenters. The van der Waals surface area contributed by atoms with Gasteiger partial charge in [0.15, 0.2) is 0 Å². The maximum atomic E-state index is 12.7. The summed E-state index contributed by atoms with van der Waals surface area (Å²) >= 11 is 0. The summed E-state index contributed by atoms with van der Waals surface area (Å²) in [7, 11) is 0. The highest BCUT2D eigenvalue weighted by Gasteiger charge is 2.22. The SMILES string of the molecule is O=C(O)c1cn(C(F)F)nc1-c1nccc2ccccc12. The van der Waals surface area contributed by atoms with Gasteiger partial charge in [-0.15, -0.1) is 0 Å². The largest absolute Gasteiger partial charge is 0.478 e. The first-order chi connectivity index (χ1) is 10.1. The van der Waals surface area contributed by atoms with E-state index in [0.29, 0.717) is 10.1 Å². The van der Waals surface area contributed by atoms with E-state index in [9.17, 15) is 13.6 Å². The van der Waals surface area contributed by atoms with Crippen LogP contribution >= 0.6 is 0 Å². The van der Waals surface area contributed by atoms with Gasteiger partial charge in [-0.05, 0) is 11.5 Å². The molecule has 0 unspecified atom stereocenters. The summed E-state index contributed by atoms with van der Waals surface area (Å²) in [5.74, 6) is -1.33. The minimum absolute atomic E-state index is 0.0698. The number of carbonyl (C=O) groups is 1. The molecule has 5 nitrogen and oxygen atoms in total. The lowest BCUT2D eigenvalue weighted by atomic mass is 10.1. The first kappa shape index (κ1) is 13.2. The molecule has 0 fully saturated rings. The summed E-state index contributed by atoms with van der Waals surface area (Å²) < 4.78 is 25.8.